The third kappa shape index (κ3) is 4.31. The number of fused-ring (bicyclic) bond motifs is 1. The minimum atomic E-state index is -0.0306. The second-order valence-electron chi connectivity index (χ2n) is 7.50. The van der Waals surface area contributed by atoms with E-state index < -0.39 is 0 Å². The molecule has 1 aliphatic rings. The number of benzene rings is 2. The molecule has 29 heavy (non-hydrogen) atoms. The maximum atomic E-state index is 13.3. The van der Waals surface area contributed by atoms with Crippen molar-refractivity contribution in [2.75, 3.05) is 45.1 Å². The van der Waals surface area contributed by atoms with Crippen LogP contribution < -0.4 is 24.8 Å². The molecule has 0 spiro atoms. The highest BCUT2D eigenvalue weighted by Gasteiger charge is 2.21. The average Bonchev–Trinajstić information content (AvgIpc) is 2.70. The maximum absolute atomic E-state index is 13.3. The molecule has 1 heterocycles. The van der Waals surface area contributed by atoms with Gasteiger partial charge in [-0.15, -0.1) is 0 Å². The second-order valence-corrected chi connectivity index (χ2v) is 7.50. The highest BCUT2D eigenvalue weighted by atomic mass is 16.6. The van der Waals surface area contributed by atoms with Crippen LogP contribution in [0.1, 0.15) is 29.8 Å². The topological polar surface area (TPSA) is 74.0 Å². The second kappa shape index (κ2) is 8.47. The van der Waals surface area contributed by atoms with Crippen molar-refractivity contribution in [3.8, 4) is 17.2 Å². The van der Waals surface area contributed by atoms with Gasteiger partial charge in [-0.2, -0.15) is 0 Å². The number of hydrogen-bond donors (Lipinski definition) is 1. The lowest BCUT2D eigenvalue weighted by atomic mass is 9.92. The molecule has 0 radical (unpaired) electrons. The van der Waals surface area contributed by atoms with Crippen LogP contribution >= 0.6 is 0 Å². The Morgan fingerprint density at radius 2 is 1.90 bits per heavy atom. The van der Waals surface area contributed by atoms with Crippen LogP contribution in [0.3, 0.4) is 0 Å². The first kappa shape index (κ1) is 20.6. The molecule has 6 heteroatoms. The quantitative estimate of drug-likeness (QED) is 0.451. The van der Waals surface area contributed by atoms with E-state index in [1.165, 1.54) is 0 Å². The van der Waals surface area contributed by atoms with Gasteiger partial charge in [-0.3, -0.25) is 4.79 Å². The van der Waals surface area contributed by atoms with Crippen molar-refractivity contribution in [2.45, 2.75) is 13.8 Å². The van der Waals surface area contributed by atoms with Gasteiger partial charge in [0.15, 0.2) is 17.3 Å². The molecule has 0 saturated heterocycles. The van der Waals surface area contributed by atoms with Crippen molar-refractivity contribution in [3.05, 3.63) is 47.0 Å². The van der Waals surface area contributed by atoms with E-state index in [0.29, 0.717) is 47.3 Å². The van der Waals surface area contributed by atoms with Crippen LogP contribution in [-0.4, -0.2) is 40.2 Å². The van der Waals surface area contributed by atoms with Crippen molar-refractivity contribution in [1.29, 1.82) is 0 Å². The first-order valence-electron chi connectivity index (χ1n) is 9.62. The summed E-state index contributed by atoms with van der Waals surface area (Å²) in [5, 5.41) is 0. The number of allylic oxidation sites excluding steroid dienone is 1. The van der Waals surface area contributed by atoms with Crippen LogP contribution in [0, 0.1) is 5.92 Å². The molecule has 0 aromatic heterocycles. The number of nitrogens with zero attached hydrogens (tertiary/aromatic N) is 1. The molecular formula is C23H28N2O4. The van der Waals surface area contributed by atoms with Gasteiger partial charge in [-0.25, -0.2) is 0 Å². The maximum Gasteiger partial charge on any atom is 0.203 e. The first-order chi connectivity index (χ1) is 13.8. The van der Waals surface area contributed by atoms with E-state index in [2.05, 4.69) is 0 Å². The summed E-state index contributed by atoms with van der Waals surface area (Å²) in [5.74, 6) is 1.81. The van der Waals surface area contributed by atoms with E-state index in [-0.39, 0.29) is 11.7 Å². The van der Waals surface area contributed by atoms with Gasteiger partial charge in [0.25, 0.3) is 0 Å². The molecule has 0 atom stereocenters. The summed E-state index contributed by atoms with van der Waals surface area (Å²) >= 11 is 0. The summed E-state index contributed by atoms with van der Waals surface area (Å²) in [6.07, 6.45) is 1.89. The Balaban J connectivity index is 2.03. The normalized spacial score (nSPS) is 13.4. The lowest BCUT2D eigenvalue weighted by Crippen LogP contribution is -2.16. The smallest absolute Gasteiger partial charge is 0.203 e. The van der Waals surface area contributed by atoms with E-state index in [1.54, 1.807) is 19.2 Å². The molecule has 2 aromatic carbocycles. The number of anilines is 2. The van der Waals surface area contributed by atoms with E-state index in [1.807, 2.05) is 57.1 Å². The molecule has 1 aliphatic heterocycles. The Hall–Kier alpha value is -3.15. The van der Waals surface area contributed by atoms with Gasteiger partial charge in [0.1, 0.15) is 13.2 Å². The Labute approximate surface area is 171 Å². The number of carbonyl (C=O) groups excluding carboxylic acids is 1. The Morgan fingerprint density at radius 1 is 1.17 bits per heavy atom. The summed E-state index contributed by atoms with van der Waals surface area (Å²) in [5.41, 5.74) is 9.62. The summed E-state index contributed by atoms with van der Waals surface area (Å²) in [6, 6.07) is 9.11. The van der Waals surface area contributed by atoms with Crippen LogP contribution in [-0.2, 0) is 0 Å². The molecule has 2 N–H and O–H groups in total. The van der Waals surface area contributed by atoms with Crippen LogP contribution in [0.25, 0.3) is 6.08 Å². The number of Topliss-reactive ketones (excluding diaryl/α,β-unsaturated/α-hetero) is 1. The number of nitrogens with two attached hydrogens (primary N) is 1. The Kier molecular flexibility index (Phi) is 6.01. The molecule has 2 aromatic rings. The average molecular weight is 396 g/mol. The zero-order chi connectivity index (χ0) is 21.1. The number of ketones is 1. The van der Waals surface area contributed by atoms with Crippen molar-refractivity contribution in [2.24, 2.45) is 5.92 Å². The van der Waals surface area contributed by atoms with Gasteiger partial charge in [-0.05, 0) is 47.9 Å². The highest BCUT2D eigenvalue weighted by Crippen LogP contribution is 2.41. The number of ether oxygens (including phenoxy) is 3. The minimum Gasteiger partial charge on any atom is -0.493 e. The van der Waals surface area contributed by atoms with Gasteiger partial charge < -0.3 is 24.8 Å². The van der Waals surface area contributed by atoms with Crippen molar-refractivity contribution in [1.82, 2.24) is 0 Å². The minimum absolute atomic E-state index is 0.0297. The first-order valence-corrected chi connectivity index (χ1v) is 9.62. The molecular weight excluding hydrogens is 368 g/mol. The fraction of sp³-hybridized carbons (Fsp3) is 0.348. The van der Waals surface area contributed by atoms with Crippen molar-refractivity contribution >= 4 is 23.2 Å². The lowest BCUT2D eigenvalue weighted by Gasteiger charge is -2.21. The number of hydrogen-bond acceptors (Lipinski definition) is 6. The summed E-state index contributed by atoms with van der Waals surface area (Å²) in [7, 11) is 5.40. The van der Waals surface area contributed by atoms with Crippen LogP contribution in [0.4, 0.5) is 11.4 Å². The molecule has 6 nitrogen and oxygen atoms in total. The fourth-order valence-corrected chi connectivity index (χ4v) is 3.29. The largest absolute Gasteiger partial charge is 0.493 e. The molecule has 3 rings (SSSR count). The third-order valence-corrected chi connectivity index (χ3v) is 4.83. The van der Waals surface area contributed by atoms with Gasteiger partial charge in [0, 0.05) is 25.2 Å². The number of rotatable bonds is 6. The molecule has 0 bridgehead atoms. The van der Waals surface area contributed by atoms with Crippen LogP contribution in [0.5, 0.6) is 17.2 Å². The van der Waals surface area contributed by atoms with Crippen molar-refractivity contribution in [3.63, 3.8) is 0 Å². The zero-order valence-electron chi connectivity index (χ0n) is 17.6. The number of carbonyl (C=O) groups is 1. The predicted molar refractivity (Wildman–Crippen MR) is 116 cm³/mol. The summed E-state index contributed by atoms with van der Waals surface area (Å²) in [4.78, 5) is 15.2. The monoisotopic (exact) mass is 396 g/mol. The van der Waals surface area contributed by atoms with Gasteiger partial charge in [0.05, 0.1) is 18.5 Å². The molecule has 0 unspecified atom stereocenters. The SMILES string of the molecule is COc1cc(/C=C(/C(=O)c2ccc(N)c(N(C)C)c2)C(C)C)cc2c1OCCO2. The van der Waals surface area contributed by atoms with E-state index in [9.17, 15) is 4.79 Å². The molecule has 0 fully saturated rings. The van der Waals surface area contributed by atoms with E-state index >= 15 is 0 Å². The van der Waals surface area contributed by atoms with E-state index in [0.717, 1.165) is 11.3 Å². The Morgan fingerprint density at radius 3 is 2.55 bits per heavy atom. The molecule has 0 aliphatic carbocycles. The number of methoxy groups -OCH3 is 1. The third-order valence-electron chi connectivity index (χ3n) is 4.83. The summed E-state index contributed by atoms with van der Waals surface area (Å²) < 4.78 is 16.8. The van der Waals surface area contributed by atoms with Crippen LogP contribution in [0.2, 0.25) is 0 Å². The van der Waals surface area contributed by atoms with Gasteiger partial charge in [0.2, 0.25) is 5.75 Å². The molecule has 0 saturated carbocycles. The predicted octanol–water partition coefficient (Wildman–Crippen LogP) is 4.04. The standard InChI is InChI=1S/C23H28N2O4/c1-14(2)17(22(26)16-6-7-18(24)19(13-16)25(3)4)10-15-11-20(27-5)23-21(12-15)28-8-9-29-23/h6-7,10-14H,8-9,24H2,1-5H3/b17-10+. The Bertz CT molecular complexity index is 931. The van der Waals surface area contributed by atoms with Gasteiger partial charge in [-0.1, -0.05) is 13.8 Å². The highest BCUT2D eigenvalue weighted by molar-refractivity contribution is 6.12. The molecule has 154 valence electrons. The number of nitrogen functional groups attached to an aromatic ring is 1. The van der Waals surface area contributed by atoms with Gasteiger partial charge >= 0.3 is 0 Å². The van der Waals surface area contributed by atoms with Crippen molar-refractivity contribution < 1.29 is 19.0 Å². The fourth-order valence-electron chi connectivity index (χ4n) is 3.29. The lowest BCUT2D eigenvalue weighted by molar-refractivity contribution is 0.102. The zero-order valence-corrected chi connectivity index (χ0v) is 17.6. The summed E-state index contributed by atoms with van der Waals surface area (Å²) in [6.45, 7) is 4.98. The van der Waals surface area contributed by atoms with E-state index in [4.69, 9.17) is 19.9 Å². The molecule has 0 amide bonds. The van der Waals surface area contributed by atoms with Crippen LogP contribution in [0.15, 0.2) is 35.9 Å².